The van der Waals surface area contributed by atoms with Crippen molar-refractivity contribution in [1.29, 1.82) is 0 Å². The van der Waals surface area contributed by atoms with Crippen LogP contribution >= 0.6 is 0 Å². The van der Waals surface area contributed by atoms with Gasteiger partial charge in [0.05, 0.1) is 18.3 Å². The zero-order valence-corrected chi connectivity index (χ0v) is 15.3. The fraction of sp³-hybridized carbons (Fsp3) is 0.250. The number of cyclic esters (lactones) is 2. The predicted molar refractivity (Wildman–Crippen MR) is 95.3 cm³/mol. The number of carbonyl (C=O) groups is 2. The molecule has 2 aromatic rings. The lowest BCUT2D eigenvalue weighted by Gasteiger charge is -2.03. The van der Waals surface area contributed by atoms with Crippen LogP contribution in [0.4, 0.5) is 0 Å². The van der Waals surface area contributed by atoms with Gasteiger partial charge in [0.25, 0.3) is 0 Å². The zero-order valence-electron chi connectivity index (χ0n) is 15.3. The fourth-order valence-electron chi connectivity index (χ4n) is 2.90. The number of nitrogens with zero attached hydrogens (tertiary/aromatic N) is 1. The molecule has 6 heteroatoms. The van der Waals surface area contributed by atoms with Gasteiger partial charge < -0.3 is 13.9 Å². The van der Waals surface area contributed by atoms with Crippen LogP contribution in [-0.4, -0.2) is 24.0 Å². The van der Waals surface area contributed by atoms with Crippen molar-refractivity contribution in [3.05, 3.63) is 52.4 Å². The number of allylic oxidation sites excluding steroid dienone is 2. The summed E-state index contributed by atoms with van der Waals surface area (Å²) in [5.74, 6) is 0.437. The van der Waals surface area contributed by atoms with Crippen molar-refractivity contribution in [2.45, 2.75) is 27.7 Å². The molecule has 0 saturated carbocycles. The second-order valence-electron chi connectivity index (χ2n) is 6.20. The first kappa shape index (κ1) is 17.7. The van der Waals surface area contributed by atoms with Crippen molar-refractivity contribution >= 4 is 17.5 Å². The molecule has 1 aromatic heterocycles. The molecule has 0 N–H and O–H groups in total. The molecular formula is C20H19NO5. The van der Waals surface area contributed by atoms with Crippen LogP contribution in [0.1, 0.15) is 32.2 Å². The molecule has 6 nitrogen and oxygen atoms in total. The van der Waals surface area contributed by atoms with Crippen LogP contribution in [0.25, 0.3) is 17.0 Å². The highest BCUT2D eigenvalue weighted by atomic mass is 16.6. The molecule has 0 unspecified atom stereocenters. The van der Waals surface area contributed by atoms with Gasteiger partial charge in [0.1, 0.15) is 17.2 Å². The van der Waals surface area contributed by atoms with Gasteiger partial charge >= 0.3 is 11.9 Å². The molecule has 1 aliphatic rings. The maximum atomic E-state index is 12.2. The molecular weight excluding hydrogens is 334 g/mol. The van der Waals surface area contributed by atoms with E-state index in [1.165, 1.54) is 0 Å². The molecule has 0 spiro atoms. The zero-order chi connectivity index (χ0) is 19.0. The quantitative estimate of drug-likeness (QED) is 0.474. The number of esters is 2. The standard InChI is InChI=1S/C20H19NO5/c1-10(2)15-16(20(23)26-19(15)22)11(3)17-12(4)25-18(21-17)13-6-8-14(24-5)9-7-13/h6-9H,1-5H3/b16-11-. The van der Waals surface area contributed by atoms with Crippen molar-refractivity contribution in [2.24, 2.45) is 0 Å². The Morgan fingerprint density at radius 1 is 1.00 bits per heavy atom. The molecule has 1 saturated heterocycles. The Labute approximate surface area is 151 Å². The van der Waals surface area contributed by atoms with Crippen LogP contribution in [0.3, 0.4) is 0 Å². The second kappa shape index (κ2) is 6.63. The fourth-order valence-corrected chi connectivity index (χ4v) is 2.90. The Hall–Kier alpha value is -3.15. The predicted octanol–water partition coefficient (Wildman–Crippen LogP) is 3.85. The lowest BCUT2D eigenvalue weighted by molar-refractivity contribution is -0.149. The molecule has 0 atom stereocenters. The number of oxazole rings is 1. The molecule has 1 aromatic carbocycles. The van der Waals surface area contributed by atoms with Crippen molar-refractivity contribution in [1.82, 2.24) is 4.98 Å². The van der Waals surface area contributed by atoms with E-state index in [2.05, 4.69) is 4.98 Å². The highest BCUT2D eigenvalue weighted by molar-refractivity contribution is 6.22. The van der Waals surface area contributed by atoms with Crippen LogP contribution in [0, 0.1) is 6.92 Å². The maximum Gasteiger partial charge on any atom is 0.347 e. The summed E-state index contributed by atoms with van der Waals surface area (Å²) in [4.78, 5) is 28.6. The van der Waals surface area contributed by atoms with Crippen molar-refractivity contribution in [3.8, 4) is 17.2 Å². The number of rotatable bonds is 3. The number of benzene rings is 1. The van der Waals surface area contributed by atoms with E-state index in [4.69, 9.17) is 13.9 Å². The lowest BCUT2D eigenvalue weighted by atomic mass is 9.97. The molecule has 0 amide bonds. The Kier molecular flexibility index (Phi) is 4.50. The molecule has 2 heterocycles. The topological polar surface area (TPSA) is 78.6 Å². The van der Waals surface area contributed by atoms with Gasteiger partial charge in [-0.1, -0.05) is 5.57 Å². The minimum atomic E-state index is -0.655. The van der Waals surface area contributed by atoms with E-state index in [-0.39, 0.29) is 5.57 Å². The normalized spacial score (nSPS) is 16.0. The molecule has 26 heavy (non-hydrogen) atoms. The molecule has 0 bridgehead atoms. The van der Waals surface area contributed by atoms with E-state index in [0.29, 0.717) is 34.1 Å². The van der Waals surface area contributed by atoms with E-state index in [9.17, 15) is 9.59 Å². The van der Waals surface area contributed by atoms with Crippen molar-refractivity contribution in [2.75, 3.05) is 7.11 Å². The van der Waals surface area contributed by atoms with Gasteiger partial charge in [-0.15, -0.1) is 0 Å². The van der Waals surface area contributed by atoms with Crippen molar-refractivity contribution in [3.63, 3.8) is 0 Å². The summed E-state index contributed by atoms with van der Waals surface area (Å²) in [5, 5.41) is 0. The van der Waals surface area contributed by atoms with Crippen LogP contribution in [0.2, 0.25) is 0 Å². The van der Waals surface area contributed by atoms with E-state index in [0.717, 1.165) is 11.3 Å². The third-order valence-electron chi connectivity index (χ3n) is 4.21. The summed E-state index contributed by atoms with van der Waals surface area (Å²) in [6.45, 7) is 7.03. The summed E-state index contributed by atoms with van der Waals surface area (Å²) >= 11 is 0. The average molecular weight is 353 g/mol. The van der Waals surface area contributed by atoms with E-state index >= 15 is 0 Å². The number of aryl methyl sites for hydroxylation is 1. The molecule has 0 aliphatic carbocycles. The Morgan fingerprint density at radius 2 is 1.62 bits per heavy atom. The third kappa shape index (κ3) is 2.94. The smallest absolute Gasteiger partial charge is 0.347 e. The van der Waals surface area contributed by atoms with Gasteiger partial charge in [-0.3, -0.25) is 0 Å². The van der Waals surface area contributed by atoms with Gasteiger partial charge in [0.2, 0.25) is 5.89 Å². The van der Waals surface area contributed by atoms with Crippen LogP contribution < -0.4 is 4.74 Å². The summed E-state index contributed by atoms with van der Waals surface area (Å²) < 4.78 is 15.7. The minimum absolute atomic E-state index is 0.243. The Balaban J connectivity index is 2.10. The molecule has 1 fully saturated rings. The van der Waals surface area contributed by atoms with Gasteiger partial charge in [-0.2, -0.15) is 0 Å². The summed E-state index contributed by atoms with van der Waals surface area (Å²) in [6.07, 6.45) is 0. The molecule has 0 radical (unpaired) electrons. The lowest BCUT2D eigenvalue weighted by Crippen LogP contribution is -2.00. The van der Waals surface area contributed by atoms with Crippen LogP contribution in [0.5, 0.6) is 5.75 Å². The van der Waals surface area contributed by atoms with E-state index < -0.39 is 11.9 Å². The Morgan fingerprint density at radius 3 is 2.19 bits per heavy atom. The van der Waals surface area contributed by atoms with E-state index in [1.54, 1.807) is 34.8 Å². The molecule has 1 aliphatic heterocycles. The van der Waals surface area contributed by atoms with Crippen molar-refractivity contribution < 1.29 is 23.5 Å². The van der Waals surface area contributed by atoms with Crippen LogP contribution in [0.15, 0.2) is 45.4 Å². The van der Waals surface area contributed by atoms with Gasteiger partial charge in [-0.05, 0) is 57.5 Å². The Bertz CT molecular complexity index is 957. The number of methoxy groups -OCH3 is 1. The number of aromatic nitrogens is 1. The van der Waals surface area contributed by atoms with Crippen LogP contribution in [-0.2, 0) is 14.3 Å². The van der Waals surface area contributed by atoms with Gasteiger partial charge in [0, 0.05) is 5.56 Å². The number of hydrogen-bond donors (Lipinski definition) is 0. The SMILES string of the molecule is COc1ccc(-c2nc(/C(C)=C3\C(=O)OC(=O)C3=C(C)C)c(C)o2)cc1. The highest BCUT2D eigenvalue weighted by Gasteiger charge is 2.37. The largest absolute Gasteiger partial charge is 0.497 e. The summed E-state index contributed by atoms with van der Waals surface area (Å²) in [7, 11) is 1.60. The number of hydrogen-bond acceptors (Lipinski definition) is 6. The number of carbonyl (C=O) groups excluding carboxylic acids is 2. The third-order valence-corrected chi connectivity index (χ3v) is 4.21. The summed E-state index contributed by atoms with van der Waals surface area (Å²) in [5.41, 5.74) is 3.11. The number of ether oxygens (including phenoxy) is 2. The first-order chi connectivity index (χ1) is 12.3. The second-order valence-corrected chi connectivity index (χ2v) is 6.20. The van der Waals surface area contributed by atoms with E-state index in [1.807, 2.05) is 24.3 Å². The first-order valence-corrected chi connectivity index (χ1v) is 8.11. The first-order valence-electron chi connectivity index (χ1n) is 8.11. The monoisotopic (exact) mass is 353 g/mol. The van der Waals surface area contributed by atoms with Gasteiger partial charge in [0.15, 0.2) is 0 Å². The minimum Gasteiger partial charge on any atom is -0.497 e. The molecule has 134 valence electrons. The molecule has 3 rings (SSSR count). The maximum absolute atomic E-state index is 12.2. The average Bonchev–Trinajstić information content (AvgIpc) is 3.13. The van der Waals surface area contributed by atoms with Gasteiger partial charge in [-0.25, -0.2) is 14.6 Å². The summed E-state index contributed by atoms with van der Waals surface area (Å²) in [6, 6.07) is 7.30. The highest BCUT2D eigenvalue weighted by Crippen LogP contribution is 2.34.